The molecule has 13 heavy (non-hydrogen) atoms. The first-order chi connectivity index (χ1) is 6.11. The highest BCUT2D eigenvalue weighted by atomic mass is 79.9. The number of rotatable bonds is 2. The van der Waals surface area contributed by atoms with E-state index in [2.05, 4.69) is 29.8 Å². The van der Waals surface area contributed by atoms with Crippen LogP contribution in [0.15, 0.2) is 10.5 Å². The van der Waals surface area contributed by atoms with Crippen molar-refractivity contribution in [1.29, 1.82) is 0 Å². The molecule has 3 heteroatoms. The first-order valence-corrected chi connectivity index (χ1v) is 5.26. The highest BCUT2D eigenvalue weighted by Crippen LogP contribution is 2.31. The van der Waals surface area contributed by atoms with Gasteiger partial charge in [-0.3, -0.25) is 0 Å². The third-order valence-electron chi connectivity index (χ3n) is 2.28. The summed E-state index contributed by atoms with van der Waals surface area (Å²) in [6, 6.07) is 1.88. The quantitative estimate of drug-likeness (QED) is 0.784. The average Bonchev–Trinajstić information content (AvgIpc) is 2.10. The monoisotopic (exact) mass is 242 g/mol. The van der Waals surface area contributed by atoms with Crippen molar-refractivity contribution in [3.63, 3.8) is 0 Å². The Kier molecular flexibility index (Phi) is 3.20. The van der Waals surface area contributed by atoms with Gasteiger partial charge in [-0.1, -0.05) is 29.8 Å². The van der Waals surface area contributed by atoms with E-state index in [-0.39, 0.29) is 0 Å². The van der Waals surface area contributed by atoms with Gasteiger partial charge in [0, 0.05) is 4.47 Å². The van der Waals surface area contributed by atoms with Crippen molar-refractivity contribution in [3.05, 3.63) is 21.7 Å². The van der Waals surface area contributed by atoms with E-state index in [1.807, 2.05) is 6.07 Å². The Morgan fingerprint density at radius 2 is 1.69 bits per heavy atom. The smallest absolute Gasteiger partial charge is 0.0583 e. The van der Waals surface area contributed by atoms with Crippen molar-refractivity contribution >= 4 is 27.3 Å². The summed E-state index contributed by atoms with van der Waals surface area (Å²) < 4.78 is 1.07. The maximum Gasteiger partial charge on any atom is 0.0583 e. The van der Waals surface area contributed by atoms with E-state index in [0.29, 0.717) is 5.69 Å². The van der Waals surface area contributed by atoms with Crippen LogP contribution in [0.3, 0.4) is 0 Å². The summed E-state index contributed by atoms with van der Waals surface area (Å²) in [6.45, 7) is 4.21. The van der Waals surface area contributed by atoms with E-state index in [1.165, 1.54) is 11.1 Å². The van der Waals surface area contributed by atoms with Crippen molar-refractivity contribution in [3.8, 4) is 0 Å². The molecule has 1 aromatic rings. The lowest BCUT2D eigenvalue weighted by Gasteiger charge is -2.13. The van der Waals surface area contributed by atoms with Crippen molar-refractivity contribution in [2.45, 2.75) is 26.7 Å². The summed E-state index contributed by atoms with van der Waals surface area (Å²) in [5.74, 6) is 0. The Balaban J connectivity index is 3.41. The van der Waals surface area contributed by atoms with Crippen LogP contribution < -0.4 is 11.5 Å². The summed E-state index contributed by atoms with van der Waals surface area (Å²) in [5.41, 5.74) is 15.5. The SMILES string of the molecule is CCc1c(Br)cc(N)c(N)c1CC. The van der Waals surface area contributed by atoms with Crippen LogP contribution in [0.25, 0.3) is 0 Å². The average molecular weight is 243 g/mol. The Morgan fingerprint density at radius 3 is 2.15 bits per heavy atom. The molecule has 1 aromatic carbocycles. The Morgan fingerprint density at radius 1 is 1.15 bits per heavy atom. The largest absolute Gasteiger partial charge is 0.397 e. The lowest BCUT2D eigenvalue weighted by molar-refractivity contribution is 1.03. The number of hydrogen-bond donors (Lipinski definition) is 2. The summed E-state index contributed by atoms with van der Waals surface area (Å²) in [4.78, 5) is 0. The second-order valence-electron chi connectivity index (χ2n) is 3.03. The fourth-order valence-electron chi connectivity index (χ4n) is 1.57. The maximum absolute atomic E-state index is 5.89. The summed E-state index contributed by atoms with van der Waals surface area (Å²) in [5, 5.41) is 0. The Bertz CT molecular complexity index is 321. The van der Waals surface area contributed by atoms with Gasteiger partial charge in [-0.05, 0) is 30.0 Å². The molecule has 1 rings (SSSR count). The fourth-order valence-corrected chi connectivity index (χ4v) is 2.33. The molecule has 0 bridgehead atoms. The van der Waals surface area contributed by atoms with Gasteiger partial charge in [0.15, 0.2) is 0 Å². The highest BCUT2D eigenvalue weighted by molar-refractivity contribution is 9.10. The molecule has 0 spiro atoms. The predicted molar refractivity (Wildman–Crippen MR) is 61.7 cm³/mol. The molecule has 0 heterocycles. The number of nitrogens with two attached hydrogens (primary N) is 2. The minimum atomic E-state index is 0.668. The summed E-state index contributed by atoms with van der Waals surface area (Å²) in [6.07, 6.45) is 1.91. The summed E-state index contributed by atoms with van der Waals surface area (Å²) >= 11 is 3.50. The zero-order valence-electron chi connectivity index (χ0n) is 8.02. The Labute approximate surface area is 87.4 Å². The van der Waals surface area contributed by atoms with E-state index in [9.17, 15) is 0 Å². The lowest BCUT2D eigenvalue weighted by Crippen LogP contribution is -2.03. The number of halogens is 1. The molecule has 0 unspecified atom stereocenters. The second-order valence-corrected chi connectivity index (χ2v) is 3.88. The van der Waals surface area contributed by atoms with Crippen molar-refractivity contribution < 1.29 is 0 Å². The van der Waals surface area contributed by atoms with Crippen molar-refractivity contribution in [2.24, 2.45) is 0 Å². The van der Waals surface area contributed by atoms with Gasteiger partial charge in [0.2, 0.25) is 0 Å². The van der Waals surface area contributed by atoms with Gasteiger partial charge in [0.05, 0.1) is 11.4 Å². The van der Waals surface area contributed by atoms with E-state index < -0.39 is 0 Å². The van der Waals surface area contributed by atoms with Crippen LogP contribution in [0.5, 0.6) is 0 Å². The third kappa shape index (κ3) is 1.80. The van der Waals surface area contributed by atoms with E-state index in [4.69, 9.17) is 11.5 Å². The minimum Gasteiger partial charge on any atom is -0.397 e. The van der Waals surface area contributed by atoms with Crippen LogP contribution in [0.4, 0.5) is 11.4 Å². The van der Waals surface area contributed by atoms with E-state index in [0.717, 1.165) is 23.0 Å². The van der Waals surface area contributed by atoms with Crippen LogP contribution >= 0.6 is 15.9 Å². The fraction of sp³-hybridized carbons (Fsp3) is 0.400. The highest BCUT2D eigenvalue weighted by Gasteiger charge is 2.10. The molecule has 0 aliphatic heterocycles. The molecule has 72 valence electrons. The minimum absolute atomic E-state index is 0.668. The molecular formula is C10H15BrN2. The van der Waals surface area contributed by atoms with E-state index >= 15 is 0 Å². The zero-order valence-corrected chi connectivity index (χ0v) is 9.61. The van der Waals surface area contributed by atoms with Crippen LogP contribution in [0.2, 0.25) is 0 Å². The topological polar surface area (TPSA) is 52.0 Å². The molecule has 2 nitrogen and oxygen atoms in total. The second kappa shape index (κ2) is 4.01. The van der Waals surface area contributed by atoms with E-state index in [1.54, 1.807) is 0 Å². The molecule has 4 N–H and O–H groups in total. The lowest BCUT2D eigenvalue weighted by atomic mass is 10.00. The van der Waals surface area contributed by atoms with Gasteiger partial charge in [0.1, 0.15) is 0 Å². The molecule has 0 amide bonds. The predicted octanol–water partition coefficient (Wildman–Crippen LogP) is 2.74. The number of hydrogen-bond acceptors (Lipinski definition) is 2. The normalized spacial score (nSPS) is 10.4. The zero-order chi connectivity index (χ0) is 10.0. The molecule has 0 aliphatic rings. The molecule has 0 fully saturated rings. The number of benzene rings is 1. The molecule has 0 saturated carbocycles. The van der Waals surface area contributed by atoms with Crippen LogP contribution in [0.1, 0.15) is 25.0 Å². The molecule has 0 aliphatic carbocycles. The molecule has 0 radical (unpaired) electrons. The van der Waals surface area contributed by atoms with Crippen molar-refractivity contribution in [2.75, 3.05) is 11.5 Å². The van der Waals surface area contributed by atoms with Gasteiger partial charge < -0.3 is 11.5 Å². The van der Waals surface area contributed by atoms with Gasteiger partial charge >= 0.3 is 0 Å². The van der Waals surface area contributed by atoms with Crippen LogP contribution in [-0.4, -0.2) is 0 Å². The summed E-state index contributed by atoms with van der Waals surface area (Å²) in [7, 11) is 0. The molecule has 0 aromatic heterocycles. The third-order valence-corrected chi connectivity index (χ3v) is 2.99. The van der Waals surface area contributed by atoms with Crippen molar-refractivity contribution in [1.82, 2.24) is 0 Å². The van der Waals surface area contributed by atoms with Gasteiger partial charge in [-0.25, -0.2) is 0 Å². The van der Waals surface area contributed by atoms with Gasteiger partial charge in [-0.2, -0.15) is 0 Å². The first kappa shape index (κ1) is 10.4. The standard InChI is InChI=1S/C10H15BrN2/c1-3-6-7(4-2)10(13)9(12)5-8(6)11/h5H,3-4,12-13H2,1-2H3. The Hall–Kier alpha value is -0.700. The molecule has 0 atom stereocenters. The first-order valence-electron chi connectivity index (χ1n) is 4.47. The molecular weight excluding hydrogens is 228 g/mol. The molecule has 0 saturated heterocycles. The van der Waals surface area contributed by atoms with Crippen LogP contribution in [-0.2, 0) is 12.8 Å². The number of anilines is 2. The van der Waals surface area contributed by atoms with Crippen LogP contribution in [0, 0.1) is 0 Å². The number of nitrogen functional groups attached to an aromatic ring is 2. The van der Waals surface area contributed by atoms with Gasteiger partial charge in [0.25, 0.3) is 0 Å². The maximum atomic E-state index is 5.89. The van der Waals surface area contributed by atoms with Gasteiger partial charge in [-0.15, -0.1) is 0 Å².